The van der Waals surface area contributed by atoms with Crippen molar-refractivity contribution < 1.29 is 4.79 Å². The van der Waals surface area contributed by atoms with Gasteiger partial charge in [0.05, 0.1) is 6.54 Å². The first-order valence-electron chi connectivity index (χ1n) is 4.15. The summed E-state index contributed by atoms with van der Waals surface area (Å²) in [5.41, 5.74) is -0.106. The molecule has 1 unspecified atom stereocenters. The van der Waals surface area contributed by atoms with E-state index >= 15 is 0 Å². The van der Waals surface area contributed by atoms with Gasteiger partial charge in [0.1, 0.15) is 0 Å². The van der Waals surface area contributed by atoms with Crippen LogP contribution in [0.3, 0.4) is 0 Å². The zero-order valence-corrected chi connectivity index (χ0v) is 6.52. The molecule has 2 aliphatic rings. The molecule has 2 aliphatic heterocycles. The van der Waals surface area contributed by atoms with Gasteiger partial charge in [0.15, 0.2) is 5.78 Å². The first-order chi connectivity index (χ1) is 5.33. The Hall–Kier alpha value is -0.410. The van der Waals surface area contributed by atoms with Crippen LogP contribution in [0.4, 0.5) is 0 Å². The summed E-state index contributed by atoms with van der Waals surface area (Å²) in [7, 11) is 0. The molecular formula is C8H13N2O. The molecule has 0 aromatic rings. The number of nitrogens with one attached hydrogen (secondary N) is 2. The van der Waals surface area contributed by atoms with E-state index < -0.39 is 0 Å². The van der Waals surface area contributed by atoms with Gasteiger partial charge >= 0.3 is 0 Å². The van der Waals surface area contributed by atoms with Crippen LogP contribution in [-0.2, 0) is 4.79 Å². The van der Waals surface area contributed by atoms with Crippen LogP contribution in [-0.4, -0.2) is 25.4 Å². The molecule has 2 rings (SSSR count). The Morgan fingerprint density at radius 1 is 1.36 bits per heavy atom. The maximum absolute atomic E-state index is 11.5. The lowest BCUT2D eigenvalue weighted by Crippen LogP contribution is -2.45. The Labute approximate surface area is 66.5 Å². The molecule has 0 aromatic carbocycles. The monoisotopic (exact) mass is 153 g/mol. The Kier molecular flexibility index (Phi) is 1.69. The molecule has 0 bridgehead atoms. The second-order valence-electron chi connectivity index (χ2n) is 3.35. The van der Waals surface area contributed by atoms with Crippen molar-refractivity contribution in [2.24, 2.45) is 5.41 Å². The van der Waals surface area contributed by atoms with E-state index in [0.29, 0.717) is 12.3 Å². The van der Waals surface area contributed by atoms with Crippen molar-refractivity contribution >= 4 is 5.78 Å². The summed E-state index contributed by atoms with van der Waals surface area (Å²) in [6.07, 6.45) is 1.96. The highest BCUT2D eigenvalue weighted by molar-refractivity contribution is 5.89. The zero-order valence-electron chi connectivity index (χ0n) is 6.52. The SMILES string of the molecule is O=C1CNCCC12[CH]NCC2. The van der Waals surface area contributed by atoms with Crippen LogP contribution in [0, 0.1) is 12.0 Å². The van der Waals surface area contributed by atoms with Crippen LogP contribution in [0.1, 0.15) is 12.8 Å². The molecule has 2 N–H and O–H groups in total. The minimum absolute atomic E-state index is 0.106. The van der Waals surface area contributed by atoms with Gasteiger partial charge in [-0.2, -0.15) is 0 Å². The smallest absolute Gasteiger partial charge is 0.154 e. The first kappa shape index (κ1) is 7.25. The number of hydrogen-bond acceptors (Lipinski definition) is 3. The second kappa shape index (κ2) is 2.57. The van der Waals surface area contributed by atoms with Crippen LogP contribution in [0.5, 0.6) is 0 Å². The number of piperidine rings is 1. The predicted octanol–water partition coefficient (Wildman–Crippen LogP) is -0.310. The lowest BCUT2D eigenvalue weighted by molar-refractivity contribution is -0.127. The molecule has 0 saturated carbocycles. The minimum Gasteiger partial charge on any atom is -0.311 e. The van der Waals surface area contributed by atoms with Crippen molar-refractivity contribution in [3.63, 3.8) is 0 Å². The van der Waals surface area contributed by atoms with Gasteiger partial charge in [-0.1, -0.05) is 0 Å². The Bertz CT molecular complexity index is 173. The lowest BCUT2D eigenvalue weighted by atomic mass is 9.77. The average molecular weight is 153 g/mol. The minimum atomic E-state index is -0.106. The average Bonchev–Trinajstić information content (AvgIpc) is 2.46. The van der Waals surface area contributed by atoms with E-state index in [4.69, 9.17) is 0 Å². The van der Waals surface area contributed by atoms with Crippen LogP contribution in [0.25, 0.3) is 0 Å². The lowest BCUT2D eigenvalue weighted by Gasteiger charge is -2.30. The zero-order chi connectivity index (χ0) is 7.73. The van der Waals surface area contributed by atoms with E-state index in [9.17, 15) is 4.79 Å². The van der Waals surface area contributed by atoms with Gasteiger partial charge in [0.25, 0.3) is 0 Å². The maximum Gasteiger partial charge on any atom is 0.154 e. The van der Waals surface area contributed by atoms with Gasteiger partial charge < -0.3 is 10.6 Å². The van der Waals surface area contributed by atoms with E-state index in [-0.39, 0.29) is 5.41 Å². The van der Waals surface area contributed by atoms with Crippen LogP contribution in [0.15, 0.2) is 0 Å². The molecule has 2 heterocycles. The highest BCUT2D eigenvalue weighted by atomic mass is 16.1. The van der Waals surface area contributed by atoms with Crippen LogP contribution in [0.2, 0.25) is 0 Å². The standard InChI is InChI=1S/C8H13N2O/c11-7-5-9-3-1-8(7)2-4-10-6-8/h6,9-10H,1-5H2. The molecule has 3 heteroatoms. The Balaban J connectivity index is 2.13. The molecule has 1 atom stereocenters. The largest absolute Gasteiger partial charge is 0.311 e. The summed E-state index contributed by atoms with van der Waals surface area (Å²) in [5, 5.41) is 6.23. The molecule has 3 nitrogen and oxygen atoms in total. The molecule has 1 spiro atoms. The van der Waals surface area contributed by atoms with Crippen molar-refractivity contribution in [1.82, 2.24) is 10.6 Å². The predicted molar refractivity (Wildman–Crippen MR) is 41.8 cm³/mol. The van der Waals surface area contributed by atoms with Gasteiger partial charge in [-0.25, -0.2) is 0 Å². The third-order valence-electron chi connectivity index (χ3n) is 2.68. The topological polar surface area (TPSA) is 41.1 Å². The third-order valence-corrected chi connectivity index (χ3v) is 2.68. The van der Waals surface area contributed by atoms with E-state index in [1.54, 1.807) is 0 Å². The normalized spacial score (nSPS) is 38.4. The van der Waals surface area contributed by atoms with Crippen molar-refractivity contribution in [2.75, 3.05) is 19.6 Å². The first-order valence-corrected chi connectivity index (χ1v) is 4.15. The summed E-state index contributed by atoms with van der Waals surface area (Å²) in [4.78, 5) is 11.5. The molecule has 11 heavy (non-hydrogen) atoms. The summed E-state index contributed by atoms with van der Waals surface area (Å²) in [6.45, 7) is 4.49. The van der Waals surface area contributed by atoms with E-state index in [2.05, 4.69) is 10.6 Å². The molecule has 2 fully saturated rings. The Morgan fingerprint density at radius 3 is 2.82 bits per heavy atom. The summed E-state index contributed by atoms with van der Waals surface area (Å²) in [5.74, 6) is 0.355. The molecular weight excluding hydrogens is 140 g/mol. The summed E-state index contributed by atoms with van der Waals surface area (Å²) < 4.78 is 0. The van der Waals surface area contributed by atoms with E-state index in [1.807, 2.05) is 6.54 Å². The quantitative estimate of drug-likeness (QED) is 0.501. The van der Waals surface area contributed by atoms with Crippen molar-refractivity contribution in [1.29, 1.82) is 0 Å². The highest BCUT2D eigenvalue weighted by Gasteiger charge is 2.42. The molecule has 0 amide bonds. The summed E-state index contributed by atoms with van der Waals surface area (Å²) in [6, 6.07) is 0. The van der Waals surface area contributed by atoms with Crippen LogP contribution >= 0.6 is 0 Å². The molecule has 61 valence electrons. The highest BCUT2D eigenvalue weighted by Crippen LogP contribution is 2.34. The molecule has 0 aliphatic carbocycles. The fraction of sp³-hybridized carbons (Fsp3) is 0.750. The van der Waals surface area contributed by atoms with Crippen LogP contribution < -0.4 is 10.6 Å². The number of rotatable bonds is 0. The van der Waals surface area contributed by atoms with Gasteiger partial charge in [0.2, 0.25) is 0 Å². The fourth-order valence-corrected chi connectivity index (χ4v) is 1.88. The molecule has 2 saturated heterocycles. The Morgan fingerprint density at radius 2 is 2.18 bits per heavy atom. The number of ketones is 1. The fourth-order valence-electron chi connectivity index (χ4n) is 1.88. The number of carbonyl (C=O) groups excluding carboxylic acids is 1. The maximum atomic E-state index is 11.5. The van der Waals surface area contributed by atoms with Crippen molar-refractivity contribution in [3.05, 3.63) is 6.54 Å². The van der Waals surface area contributed by atoms with Gasteiger partial charge in [-0.05, 0) is 25.9 Å². The van der Waals surface area contributed by atoms with E-state index in [1.165, 1.54) is 0 Å². The number of carbonyl (C=O) groups is 1. The number of Topliss-reactive ketones (excluding diaryl/α,β-unsaturated/α-hetero) is 1. The summed E-state index contributed by atoms with van der Waals surface area (Å²) >= 11 is 0. The molecule has 1 radical (unpaired) electrons. The van der Waals surface area contributed by atoms with Gasteiger partial charge in [-0.3, -0.25) is 4.79 Å². The van der Waals surface area contributed by atoms with E-state index in [0.717, 1.165) is 25.9 Å². The van der Waals surface area contributed by atoms with Gasteiger partial charge in [0, 0.05) is 12.0 Å². The number of hydrogen-bond donors (Lipinski definition) is 2. The third kappa shape index (κ3) is 1.08. The second-order valence-corrected chi connectivity index (χ2v) is 3.35. The van der Waals surface area contributed by atoms with Crippen molar-refractivity contribution in [3.8, 4) is 0 Å². The van der Waals surface area contributed by atoms with Crippen molar-refractivity contribution in [2.45, 2.75) is 12.8 Å². The molecule has 0 aromatic heterocycles. The van der Waals surface area contributed by atoms with Gasteiger partial charge in [-0.15, -0.1) is 0 Å².